The molecule has 12 heavy (non-hydrogen) atoms. The van der Waals surface area contributed by atoms with Gasteiger partial charge in [-0.25, -0.2) is 4.31 Å². The van der Waals surface area contributed by atoms with Crippen molar-refractivity contribution < 1.29 is 0 Å². The molecular formula is C9H12N2S. The first kappa shape index (κ1) is 8.08. The lowest BCUT2D eigenvalue weighted by molar-refractivity contribution is 0.586. The van der Waals surface area contributed by atoms with Gasteiger partial charge in [-0.05, 0) is 36.9 Å². The van der Waals surface area contributed by atoms with E-state index in [1.165, 1.54) is 30.8 Å². The van der Waals surface area contributed by atoms with Gasteiger partial charge >= 0.3 is 0 Å². The van der Waals surface area contributed by atoms with Crippen LogP contribution in [0.1, 0.15) is 12.8 Å². The minimum Gasteiger partial charge on any atom is -0.264 e. The minimum absolute atomic E-state index is 1.22. The molecule has 0 aliphatic carbocycles. The van der Waals surface area contributed by atoms with Crippen LogP contribution >= 0.6 is 11.9 Å². The molecule has 3 heteroatoms. The predicted molar refractivity (Wildman–Crippen MR) is 50.9 cm³/mol. The Morgan fingerprint density at radius 1 is 1.33 bits per heavy atom. The topological polar surface area (TPSA) is 16.1 Å². The van der Waals surface area contributed by atoms with E-state index in [9.17, 15) is 0 Å². The Morgan fingerprint density at radius 3 is 2.83 bits per heavy atom. The van der Waals surface area contributed by atoms with Crippen molar-refractivity contribution in [3.05, 3.63) is 24.5 Å². The second-order valence-corrected chi connectivity index (χ2v) is 4.09. The van der Waals surface area contributed by atoms with E-state index in [-0.39, 0.29) is 0 Å². The maximum absolute atomic E-state index is 4.08. The van der Waals surface area contributed by atoms with E-state index in [0.717, 1.165) is 0 Å². The van der Waals surface area contributed by atoms with E-state index in [1.807, 2.05) is 30.4 Å². The van der Waals surface area contributed by atoms with Gasteiger partial charge in [0.25, 0.3) is 0 Å². The first-order valence-corrected chi connectivity index (χ1v) is 5.05. The van der Waals surface area contributed by atoms with Crippen molar-refractivity contribution in [2.24, 2.45) is 0 Å². The highest BCUT2D eigenvalue weighted by atomic mass is 32.2. The first-order chi connectivity index (χ1) is 5.95. The van der Waals surface area contributed by atoms with Crippen LogP contribution in [0.2, 0.25) is 0 Å². The lowest BCUT2D eigenvalue weighted by Crippen LogP contribution is -2.08. The molecule has 0 aromatic carbocycles. The average molecular weight is 180 g/mol. The van der Waals surface area contributed by atoms with Gasteiger partial charge in [0.05, 0.1) is 0 Å². The zero-order valence-corrected chi connectivity index (χ0v) is 7.76. The molecule has 0 amide bonds. The van der Waals surface area contributed by atoms with Crippen LogP contribution in [-0.2, 0) is 0 Å². The average Bonchev–Trinajstić information content (AvgIpc) is 2.59. The third kappa shape index (κ3) is 1.99. The van der Waals surface area contributed by atoms with Crippen molar-refractivity contribution in [3.8, 4) is 0 Å². The van der Waals surface area contributed by atoms with Crippen molar-refractivity contribution >= 4 is 11.9 Å². The molecule has 0 bridgehead atoms. The van der Waals surface area contributed by atoms with Gasteiger partial charge in [0.1, 0.15) is 0 Å². The second-order valence-electron chi connectivity index (χ2n) is 2.92. The fraction of sp³-hybridized carbons (Fsp3) is 0.444. The molecule has 0 saturated carbocycles. The van der Waals surface area contributed by atoms with E-state index in [0.29, 0.717) is 0 Å². The lowest BCUT2D eigenvalue weighted by Gasteiger charge is -2.11. The van der Waals surface area contributed by atoms with Crippen LogP contribution in [0, 0.1) is 0 Å². The van der Waals surface area contributed by atoms with Crippen LogP contribution in [-0.4, -0.2) is 22.4 Å². The Kier molecular flexibility index (Phi) is 2.64. The standard InChI is InChI=1S/C9H12N2S/c1-2-7-11(6-1)12-9-4-3-5-10-8-9/h3-5,8H,1-2,6-7H2. The van der Waals surface area contributed by atoms with E-state index >= 15 is 0 Å². The summed E-state index contributed by atoms with van der Waals surface area (Å²) in [5, 5.41) is 0. The molecule has 1 aliphatic heterocycles. The molecule has 1 aromatic heterocycles. The van der Waals surface area contributed by atoms with Gasteiger partial charge in [0.15, 0.2) is 0 Å². The smallest absolute Gasteiger partial charge is 0.0417 e. The normalized spacial score (nSPS) is 18.3. The molecule has 64 valence electrons. The van der Waals surface area contributed by atoms with E-state index in [2.05, 4.69) is 15.4 Å². The molecule has 0 N–H and O–H groups in total. The van der Waals surface area contributed by atoms with Gasteiger partial charge in [-0.2, -0.15) is 0 Å². The summed E-state index contributed by atoms with van der Waals surface area (Å²) in [7, 11) is 0. The third-order valence-electron chi connectivity index (χ3n) is 1.93. The number of rotatable bonds is 2. The van der Waals surface area contributed by atoms with Crippen LogP contribution in [0.15, 0.2) is 29.4 Å². The molecule has 0 spiro atoms. The summed E-state index contributed by atoms with van der Waals surface area (Å²) in [6.45, 7) is 2.44. The Bertz CT molecular complexity index is 232. The summed E-state index contributed by atoms with van der Waals surface area (Å²) in [6.07, 6.45) is 6.41. The molecule has 2 rings (SSSR count). The molecule has 1 saturated heterocycles. The van der Waals surface area contributed by atoms with Crippen LogP contribution in [0.5, 0.6) is 0 Å². The van der Waals surface area contributed by atoms with Crippen molar-refractivity contribution in [2.75, 3.05) is 13.1 Å². The Morgan fingerprint density at radius 2 is 2.17 bits per heavy atom. The maximum Gasteiger partial charge on any atom is 0.0417 e. The van der Waals surface area contributed by atoms with Gasteiger partial charge in [0, 0.05) is 30.4 Å². The predicted octanol–water partition coefficient (Wildman–Crippen LogP) is 2.18. The van der Waals surface area contributed by atoms with Crippen LogP contribution < -0.4 is 0 Å². The number of nitrogens with zero attached hydrogens (tertiary/aromatic N) is 2. The molecular weight excluding hydrogens is 168 g/mol. The Hall–Kier alpha value is -0.540. The molecule has 0 atom stereocenters. The summed E-state index contributed by atoms with van der Waals surface area (Å²) in [5.41, 5.74) is 0. The van der Waals surface area contributed by atoms with Crippen LogP contribution in [0.25, 0.3) is 0 Å². The van der Waals surface area contributed by atoms with Crippen molar-refractivity contribution in [1.82, 2.24) is 9.29 Å². The SMILES string of the molecule is c1cncc(SN2CCCC2)c1. The molecule has 1 fully saturated rings. The summed E-state index contributed by atoms with van der Waals surface area (Å²) < 4.78 is 2.40. The number of aromatic nitrogens is 1. The van der Waals surface area contributed by atoms with Gasteiger partial charge in [-0.3, -0.25) is 4.98 Å². The lowest BCUT2D eigenvalue weighted by atomic mass is 10.4. The highest BCUT2D eigenvalue weighted by molar-refractivity contribution is 7.97. The summed E-state index contributed by atoms with van der Waals surface area (Å²) in [6, 6.07) is 4.09. The number of hydrogen-bond acceptors (Lipinski definition) is 3. The fourth-order valence-electron chi connectivity index (χ4n) is 1.33. The zero-order valence-electron chi connectivity index (χ0n) is 6.94. The highest BCUT2D eigenvalue weighted by Crippen LogP contribution is 2.25. The van der Waals surface area contributed by atoms with E-state index in [4.69, 9.17) is 0 Å². The molecule has 0 unspecified atom stereocenters. The van der Waals surface area contributed by atoms with Crippen molar-refractivity contribution in [3.63, 3.8) is 0 Å². The number of pyridine rings is 1. The Balaban J connectivity index is 1.94. The quantitative estimate of drug-likeness (QED) is 0.649. The zero-order chi connectivity index (χ0) is 8.23. The molecule has 1 aliphatic rings. The number of hydrogen-bond donors (Lipinski definition) is 0. The Labute approximate surface area is 77.1 Å². The third-order valence-corrected chi connectivity index (χ3v) is 3.01. The summed E-state index contributed by atoms with van der Waals surface area (Å²) in [5.74, 6) is 0. The van der Waals surface area contributed by atoms with Crippen LogP contribution in [0.4, 0.5) is 0 Å². The fourth-order valence-corrected chi connectivity index (χ4v) is 2.32. The van der Waals surface area contributed by atoms with E-state index < -0.39 is 0 Å². The van der Waals surface area contributed by atoms with Crippen molar-refractivity contribution in [1.29, 1.82) is 0 Å². The second kappa shape index (κ2) is 3.92. The molecule has 2 nitrogen and oxygen atoms in total. The molecule has 1 aromatic rings. The maximum atomic E-state index is 4.08. The van der Waals surface area contributed by atoms with Gasteiger partial charge in [-0.1, -0.05) is 0 Å². The van der Waals surface area contributed by atoms with Crippen molar-refractivity contribution in [2.45, 2.75) is 17.7 Å². The van der Waals surface area contributed by atoms with Gasteiger partial charge < -0.3 is 0 Å². The summed E-state index contributed by atoms with van der Waals surface area (Å²) in [4.78, 5) is 5.33. The van der Waals surface area contributed by atoms with Gasteiger partial charge in [0.2, 0.25) is 0 Å². The molecule has 0 radical (unpaired) electrons. The van der Waals surface area contributed by atoms with E-state index in [1.54, 1.807) is 0 Å². The van der Waals surface area contributed by atoms with Crippen LogP contribution in [0.3, 0.4) is 0 Å². The largest absolute Gasteiger partial charge is 0.264 e. The monoisotopic (exact) mass is 180 g/mol. The molecule has 2 heterocycles. The first-order valence-electron chi connectivity index (χ1n) is 4.28. The van der Waals surface area contributed by atoms with Gasteiger partial charge in [-0.15, -0.1) is 0 Å². The highest BCUT2D eigenvalue weighted by Gasteiger charge is 2.12. The minimum atomic E-state index is 1.22. The summed E-state index contributed by atoms with van der Waals surface area (Å²) >= 11 is 1.82.